The number of nitrogens with one attached hydrogen (secondary N) is 2. The van der Waals surface area contributed by atoms with E-state index in [0.29, 0.717) is 0 Å². The molecule has 1 aromatic carbocycles. The standard InChI is InChI=1S/C16H21N3O/c20-16(8-7-15-5-2-1-3-6-15)18-9-4-12-19-13-10-17-11-14-19/h1-9,17H,10-14H2,(H,18,20). The van der Waals surface area contributed by atoms with Gasteiger partial charge in [0.1, 0.15) is 0 Å². The van der Waals surface area contributed by atoms with E-state index in [4.69, 9.17) is 0 Å². The predicted molar refractivity (Wildman–Crippen MR) is 82.1 cm³/mol. The molecule has 0 atom stereocenters. The monoisotopic (exact) mass is 271 g/mol. The highest BCUT2D eigenvalue weighted by molar-refractivity contribution is 5.92. The van der Waals surface area contributed by atoms with Crippen LogP contribution in [-0.4, -0.2) is 43.5 Å². The van der Waals surface area contributed by atoms with Crippen LogP contribution in [0.4, 0.5) is 0 Å². The van der Waals surface area contributed by atoms with Gasteiger partial charge in [-0.05, 0) is 11.6 Å². The van der Waals surface area contributed by atoms with Crippen LogP contribution in [0.2, 0.25) is 0 Å². The van der Waals surface area contributed by atoms with Crippen LogP contribution in [0.5, 0.6) is 0 Å². The Hall–Kier alpha value is -1.91. The summed E-state index contributed by atoms with van der Waals surface area (Å²) in [4.78, 5) is 13.9. The highest BCUT2D eigenvalue weighted by Crippen LogP contribution is 2.00. The average Bonchev–Trinajstić information content (AvgIpc) is 2.52. The minimum Gasteiger partial charge on any atom is -0.329 e. The molecule has 4 nitrogen and oxygen atoms in total. The number of amides is 1. The van der Waals surface area contributed by atoms with Gasteiger partial charge in [-0.2, -0.15) is 0 Å². The molecule has 106 valence electrons. The SMILES string of the molecule is O=C(C=Cc1ccccc1)NC=CCN1CCNCC1. The topological polar surface area (TPSA) is 44.4 Å². The molecule has 1 aromatic rings. The lowest BCUT2D eigenvalue weighted by Gasteiger charge is -2.25. The summed E-state index contributed by atoms with van der Waals surface area (Å²) in [6.45, 7) is 5.09. The first-order chi connectivity index (χ1) is 9.84. The summed E-state index contributed by atoms with van der Waals surface area (Å²) in [5.41, 5.74) is 1.02. The van der Waals surface area contributed by atoms with Gasteiger partial charge in [-0.1, -0.05) is 36.4 Å². The maximum atomic E-state index is 11.6. The lowest BCUT2D eigenvalue weighted by molar-refractivity contribution is -0.115. The summed E-state index contributed by atoms with van der Waals surface area (Å²) in [5.74, 6) is -0.106. The molecule has 1 aliphatic heterocycles. The first-order valence-electron chi connectivity index (χ1n) is 6.96. The van der Waals surface area contributed by atoms with Crippen molar-refractivity contribution in [2.24, 2.45) is 0 Å². The lowest BCUT2D eigenvalue weighted by atomic mass is 10.2. The number of benzene rings is 1. The summed E-state index contributed by atoms with van der Waals surface area (Å²) in [6, 6.07) is 9.78. The van der Waals surface area contributed by atoms with Gasteiger partial charge in [0.25, 0.3) is 0 Å². The highest BCUT2D eigenvalue weighted by atomic mass is 16.1. The van der Waals surface area contributed by atoms with Gasteiger partial charge in [-0.15, -0.1) is 0 Å². The molecule has 2 N–H and O–H groups in total. The van der Waals surface area contributed by atoms with E-state index in [9.17, 15) is 4.79 Å². The number of nitrogens with zero attached hydrogens (tertiary/aromatic N) is 1. The molecule has 0 saturated carbocycles. The third-order valence-corrected chi connectivity index (χ3v) is 3.14. The number of rotatable bonds is 5. The molecule has 0 aliphatic carbocycles. The van der Waals surface area contributed by atoms with Gasteiger partial charge in [0, 0.05) is 45.0 Å². The van der Waals surface area contributed by atoms with Crippen LogP contribution in [-0.2, 0) is 4.79 Å². The van der Waals surface area contributed by atoms with E-state index in [1.165, 1.54) is 0 Å². The first-order valence-corrected chi connectivity index (χ1v) is 6.96. The third kappa shape index (κ3) is 5.38. The third-order valence-electron chi connectivity index (χ3n) is 3.14. The van der Waals surface area contributed by atoms with Gasteiger partial charge in [0.05, 0.1) is 0 Å². The Kier molecular flexibility index (Phi) is 6.02. The first kappa shape index (κ1) is 14.5. The smallest absolute Gasteiger partial charge is 0.247 e. The normalized spacial score (nSPS) is 16.8. The van der Waals surface area contributed by atoms with Crippen molar-refractivity contribution in [2.75, 3.05) is 32.7 Å². The van der Waals surface area contributed by atoms with Crippen molar-refractivity contribution in [3.05, 3.63) is 54.2 Å². The summed E-state index contributed by atoms with van der Waals surface area (Å²) < 4.78 is 0. The average molecular weight is 271 g/mol. The van der Waals surface area contributed by atoms with Crippen LogP contribution < -0.4 is 10.6 Å². The van der Waals surface area contributed by atoms with E-state index < -0.39 is 0 Å². The van der Waals surface area contributed by atoms with Crippen molar-refractivity contribution in [1.82, 2.24) is 15.5 Å². The van der Waals surface area contributed by atoms with Crippen LogP contribution in [0.1, 0.15) is 5.56 Å². The van der Waals surface area contributed by atoms with E-state index in [-0.39, 0.29) is 5.91 Å². The molecule has 4 heteroatoms. The van der Waals surface area contributed by atoms with E-state index in [1.54, 1.807) is 18.4 Å². The fourth-order valence-electron chi connectivity index (χ4n) is 2.02. The molecule has 0 unspecified atom stereocenters. The number of carbonyl (C=O) groups is 1. The van der Waals surface area contributed by atoms with Gasteiger partial charge in [0.15, 0.2) is 0 Å². The number of piperazine rings is 1. The van der Waals surface area contributed by atoms with Crippen molar-refractivity contribution in [3.63, 3.8) is 0 Å². The van der Waals surface area contributed by atoms with Crippen molar-refractivity contribution in [1.29, 1.82) is 0 Å². The fraction of sp³-hybridized carbons (Fsp3) is 0.312. The van der Waals surface area contributed by atoms with Gasteiger partial charge >= 0.3 is 0 Å². The van der Waals surface area contributed by atoms with E-state index >= 15 is 0 Å². The Morgan fingerprint density at radius 1 is 1.25 bits per heavy atom. The molecule has 0 radical (unpaired) electrons. The van der Waals surface area contributed by atoms with Crippen molar-refractivity contribution >= 4 is 12.0 Å². The zero-order valence-electron chi connectivity index (χ0n) is 11.6. The molecule has 0 aromatic heterocycles. The lowest BCUT2D eigenvalue weighted by Crippen LogP contribution is -2.43. The Bertz CT molecular complexity index is 462. The minimum atomic E-state index is -0.106. The van der Waals surface area contributed by atoms with Gasteiger partial charge in [0.2, 0.25) is 5.91 Å². The largest absolute Gasteiger partial charge is 0.329 e. The van der Waals surface area contributed by atoms with Crippen LogP contribution in [0.25, 0.3) is 6.08 Å². The molecule has 1 heterocycles. The van der Waals surface area contributed by atoms with Gasteiger partial charge < -0.3 is 10.6 Å². The molecular formula is C16H21N3O. The van der Waals surface area contributed by atoms with Crippen molar-refractivity contribution in [2.45, 2.75) is 0 Å². The Labute approximate surface area is 120 Å². The fourth-order valence-corrected chi connectivity index (χ4v) is 2.02. The second kappa shape index (κ2) is 8.30. The Morgan fingerprint density at radius 3 is 2.75 bits per heavy atom. The zero-order valence-corrected chi connectivity index (χ0v) is 11.6. The van der Waals surface area contributed by atoms with Crippen LogP contribution in [0.15, 0.2) is 48.7 Å². The van der Waals surface area contributed by atoms with Gasteiger partial charge in [-0.25, -0.2) is 0 Å². The summed E-state index contributed by atoms with van der Waals surface area (Å²) in [5, 5.41) is 6.05. The minimum absolute atomic E-state index is 0.106. The van der Waals surface area contributed by atoms with Crippen LogP contribution >= 0.6 is 0 Å². The maximum Gasteiger partial charge on any atom is 0.247 e. The van der Waals surface area contributed by atoms with Crippen LogP contribution in [0, 0.1) is 0 Å². The molecule has 1 aliphatic rings. The highest BCUT2D eigenvalue weighted by Gasteiger charge is 2.06. The molecule has 0 bridgehead atoms. The maximum absolute atomic E-state index is 11.6. The summed E-state index contributed by atoms with van der Waals surface area (Å²) in [7, 11) is 0. The molecule has 1 amide bonds. The molecule has 1 saturated heterocycles. The summed E-state index contributed by atoms with van der Waals surface area (Å²) >= 11 is 0. The van der Waals surface area contributed by atoms with E-state index in [1.807, 2.05) is 36.4 Å². The molecule has 2 rings (SSSR count). The second-order valence-corrected chi connectivity index (χ2v) is 4.71. The molecular weight excluding hydrogens is 250 g/mol. The van der Waals surface area contributed by atoms with Crippen LogP contribution in [0.3, 0.4) is 0 Å². The Morgan fingerprint density at radius 2 is 2.00 bits per heavy atom. The van der Waals surface area contributed by atoms with Crippen molar-refractivity contribution in [3.8, 4) is 0 Å². The van der Waals surface area contributed by atoms with E-state index in [0.717, 1.165) is 38.3 Å². The predicted octanol–water partition coefficient (Wildman–Crippen LogP) is 1.23. The number of hydrogen-bond acceptors (Lipinski definition) is 3. The van der Waals surface area contributed by atoms with E-state index in [2.05, 4.69) is 15.5 Å². The molecule has 1 fully saturated rings. The second-order valence-electron chi connectivity index (χ2n) is 4.71. The summed E-state index contributed by atoms with van der Waals surface area (Å²) in [6.07, 6.45) is 7.06. The zero-order chi connectivity index (χ0) is 14.0. The molecule has 20 heavy (non-hydrogen) atoms. The molecule has 0 spiro atoms. The number of carbonyl (C=O) groups excluding carboxylic acids is 1. The quantitative estimate of drug-likeness (QED) is 0.792. The van der Waals surface area contributed by atoms with Crippen molar-refractivity contribution < 1.29 is 4.79 Å². The Balaban J connectivity index is 1.68. The van der Waals surface area contributed by atoms with Gasteiger partial charge in [-0.3, -0.25) is 9.69 Å². The number of hydrogen-bond donors (Lipinski definition) is 2.